The average molecular weight is 255 g/mol. The topological polar surface area (TPSA) is 116 Å². The molecule has 0 saturated carbocycles. The first kappa shape index (κ1) is 13.4. The van der Waals surface area contributed by atoms with Crippen LogP contribution in [0.2, 0.25) is 0 Å². The molecule has 1 N–H and O–H groups in total. The number of nitro groups is 1. The van der Waals surface area contributed by atoms with E-state index in [1.165, 1.54) is 19.1 Å². The summed E-state index contributed by atoms with van der Waals surface area (Å²) in [6, 6.07) is 4.68. The van der Waals surface area contributed by atoms with Crippen LogP contribution >= 0.6 is 0 Å². The van der Waals surface area contributed by atoms with Gasteiger partial charge in [-0.15, -0.1) is 0 Å². The lowest BCUT2D eigenvalue weighted by Gasteiger charge is -2.08. The molecule has 1 unspecified atom stereocenters. The summed E-state index contributed by atoms with van der Waals surface area (Å²) in [6.07, 6.45) is -2.53. The number of non-ortho nitro benzene ring substituents is 1. The molecule has 96 valence electrons. The largest absolute Gasteiger partial charge is 0.514 e. The molecule has 0 aliphatic carbocycles. The molecule has 0 bridgehead atoms. The van der Waals surface area contributed by atoms with Crippen LogP contribution < -0.4 is 4.74 Å². The highest BCUT2D eigenvalue weighted by Crippen LogP contribution is 2.17. The molecule has 0 spiro atoms. The van der Waals surface area contributed by atoms with Crippen LogP contribution in [0.3, 0.4) is 0 Å². The van der Waals surface area contributed by atoms with Crippen molar-refractivity contribution in [2.75, 3.05) is 0 Å². The average Bonchev–Trinajstić information content (AvgIpc) is 2.29. The number of carboxylic acid groups (broad SMARTS) is 1. The van der Waals surface area contributed by atoms with E-state index in [9.17, 15) is 19.7 Å². The minimum atomic E-state index is -1.34. The molecule has 1 aromatic rings. The standard InChI is InChI=1S/C10H9NO7/c1-6(9(12)13)17-10(14)18-8-4-2-7(3-5-8)11(15)16/h2-6H,1H3,(H,12,13). The van der Waals surface area contributed by atoms with Gasteiger partial charge < -0.3 is 14.6 Å². The van der Waals surface area contributed by atoms with E-state index >= 15 is 0 Å². The third-order valence-corrected chi connectivity index (χ3v) is 1.87. The smallest absolute Gasteiger partial charge is 0.479 e. The Hall–Kier alpha value is -2.64. The third-order valence-electron chi connectivity index (χ3n) is 1.87. The molecule has 0 aliphatic heterocycles. The number of carbonyl (C=O) groups is 2. The first-order valence-electron chi connectivity index (χ1n) is 4.76. The van der Waals surface area contributed by atoms with Gasteiger partial charge in [0, 0.05) is 12.1 Å². The number of benzene rings is 1. The molecule has 0 aliphatic rings. The van der Waals surface area contributed by atoms with Crippen molar-refractivity contribution in [1.29, 1.82) is 0 Å². The van der Waals surface area contributed by atoms with E-state index in [4.69, 9.17) is 5.11 Å². The number of aliphatic carboxylic acids is 1. The normalized spacial score (nSPS) is 11.4. The molecule has 0 heterocycles. The van der Waals surface area contributed by atoms with E-state index in [1.54, 1.807) is 0 Å². The molecule has 0 radical (unpaired) electrons. The summed E-state index contributed by atoms with van der Waals surface area (Å²) in [5.41, 5.74) is -0.158. The zero-order valence-corrected chi connectivity index (χ0v) is 9.23. The second-order valence-electron chi connectivity index (χ2n) is 3.20. The fourth-order valence-corrected chi connectivity index (χ4v) is 0.951. The molecule has 0 fully saturated rings. The Morgan fingerprint density at radius 1 is 1.33 bits per heavy atom. The molecule has 0 saturated heterocycles. The molecular weight excluding hydrogens is 246 g/mol. The number of rotatable bonds is 4. The van der Waals surface area contributed by atoms with Crippen LogP contribution in [-0.4, -0.2) is 28.3 Å². The summed E-state index contributed by atoms with van der Waals surface area (Å²) >= 11 is 0. The number of hydrogen-bond donors (Lipinski definition) is 1. The van der Waals surface area contributed by atoms with Crippen molar-refractivity contribution >= 4 is 17.8 Å². The van der Waals surface area contributed by atoms with Gasteiger partial charge in [-0.3, -0.25) is 10.1 Å². The summed E-state index contributed by atoms with van der Waals surface area (Å²) in [4.78, 5) is 31.3. The van der Waals surface area contributed by atoms with Crippen LogP contribution in [-0.2, 0) is 9.53 Å². The second kappa shape index (κ2) is 5.62. The quantitative estimate of drug-likeness (QED) is 0.375. The molecule has 8 heteroatoms. The summed E-state index contributed by atoms with van der Waals surface area (Å²) in [5.74, 6) is -1.29. The Kier molecular flexibility index (Phi) is 4.19. The lowest BCUT2D eigenvalue weighted by atomic mass is 10.3. The first-order chi connectivity index (χ1) is 8.40. The highest BCUT2D eigenvalue weighted by atomic mass is 16.7. The SMILES string of the molecule is CC(OC(=O)Oc1ccc([N+](=O)[O-])cc1)C(=O)O. The molecular formula is C10H9NO7. The van der Waals surface area contributed by atoms with Gasteiger partial charge in [-0.1, -0.05) is 0 Å². The lowest BCUT2D eigenvalue weighted by Crippen LogP contribution is -2.25. The van der Waals surface area contributed by atoms with Gasteiger partial charge in [-0.25, -0.2) is 9.59 Å². The summed E-state index contributed by atoms with van der Waals surface area (Å²) in [5, 5.41) is 18.8. The number of nitrogens with zero attached hydrogens (tertiary/aromatic N) is 1. The van der Waals surface area contributed by atoms with Crippen LogP contribution in [0.1, 0.15) is 6.92 Å². The van der Waals surface area contributed by atoms with Crippen molar-refractivity contribution in [1.82, 2.24) is 0 Å². The fourth-order valence-electron chi connectivity index (χ4n) is 0.951. The summed E-state index contributed by atoms with van der Waals surface area (Å²) in [6.45, 7) is 1.17. The van der Waals surface area contributed by atoms with Crippen LogP contribution in [0.15, 0.2) is 24.3 Å². The lowest BCUT2D eigenvalue weighted by molar-refractivity contribution is -0.384. The molecule has 8 nitrogen and oxygen atoms in total. The van der Waals surface area contributed by atoms with Gasteiger partial charge >= 0.3 is 12.1 Å². The van der Waals surface area contributed by atoms with Crippen molar-refractivity contribution in [2.24, 2.45) is 0 Å². The Balaban J connectivity index is 2.60. The van der Waals surface area contributed by atoms with E-state index in [0.717, 1.165) is 12.1 Å². The Morgan fingerprint density at radius 3 is 2.33 bits per heavy atom. The number of nitro benzene ring substituents is 1. The van der Waals surface area contributed by atoms with Gasteiger partial charge in [0.05, 0.1) is 4.92 Å². The van der Waals surface area contributed by atoms with Crippen molar-refractivity contribution < 1.29 is 29.1 Å². The number of hydrogen-bond acceptors (Lipinski definition) is 6. The van der Waals surface area contributed by atoms with Gasteiger partial charge in [0.15, 0.2) is 6.10 Å². The van der Waals surface area contributed by atoms with Gasteiger partial charge in [0.2, 0.25) is 0 Å². The molecule has 1 rings (SSSR count). The third kappa shape index (κ3) is 3.74. The van der Waals surface area contributed by atoms with Gasteiger partial charge in [0.25, 0.3) is 5.69 Å². The monoisotopic (exact) mass is 255 g/mol. The molecule has 0 amide bonds. The van der Waals surface area contributed by atoms with Crippen molar-refractivity contribution in [3.63, 3.8) is 0 Å². The van der Waals surface area contributed by atoms with E-state index in [1.807, 2.05) is 0 Å². The van der Waals surface area contributed by atoms with Crippen LogP contribution in [0, 0.1) is 10.1 Å². The first-order valence-corrected chi connectivity index (χ1v) is 4.76. The van der Waals surface area contributed by atoms with E-state index in [-0.39, 0.29) is 11.4 Å². The predicted octanol–water partition coefficient (Wildman–Crippen LogP) is 1.58. The van der Waals surface area contributed by atoms with Crippen molar-refractivity contribution in [3.05, 3.63) is 34.4 Å². The number of carboxylic acids is 1. The number of ether oxygens (including phenoxy) is 2. The maximum absolute atomic E-state index is 11.1. The molecule has 0 aromatic heterocycles. The highest BCUT2D eigenvalue weighted by molar-refractivity contribution is 5.75. The highest BCUT2D eigenvalue weighted by Gasteiger charge is 2.18. The summed E-state index contributed by atoms with van der Waals surface area (Å²) < 4.78 is 9.02. The van der Waals surface area contributed by atoms with E-state index < -0.39 is 23.2 Å². The van der Waals surface area contributed by atoms with Crippen molar-refractivity contribution in [2.45, 2.75) is 13.0 Å². The maximum atomic E-state index is 11.1. The second-order valence-corrected chi connectivity index (χ2v) is 3.20. The molecule has 1 atom stereocenters. The number of carbonyl (C=O) groups excluding carboxylic acids is 1. The Bertz CT molecular complexity index is 468. The van der Waals surface area contributed by atoms with Crippen LogP contribution in [0.4, 0.5) is 10.5 Å². The summed E-state index contributed by atoms with van der Waals surface area (Å²) in [7, 11) is 0. The Labute approximate surface area is 101 Å². The van der Waals surface area contributed by atoms with Crippen LogP contribution in [0.5, 0.6) is 5.75 Å². The maximum Gasteiger partial charge on any atom is 0.514 e. The molecule has 1 aromatic carbocycles. The Morgan fingerprint density at radius 2 is 1.89 bits per heavy atom. The minimum absolute atomic E-state index is 0.0168. The zero-order chi connectivity index (χ0) is 13.7. The van der Waals surface area contributed by atoms with Crippen molar-refractivity contribution in [3.8, 4) is 5.75 Å². The zero-order valence-electron chi connectivity index (χ0n) is 9.23. The van der Waals surface area contributed by atoms with Gasteiger partial charge in [0.1, 0.15) is 5.75 Å². The van der Waals surface area contributed by atoms with Gasteiger partial charge in [-0.2, -0.15) is 0 Å². The fraction of sp³-hybridized carbons (Fsp3) is 0.200. The van der Waals surface area contributed by atoms with Crippen LogP contribution in [0.25, 0.3) is 0 Å². The van der Waals surface area contributed by atoms with E-state index in [2.05, 4.69) is 9.47 Å². The van der Waals surface area contributed by atoms with E-state index in [0.29, 0.717) is 0 Å². The minimum Gasteiger partial charge on any atom is -0.479 e. The molecule has 18 heavy (non-hydrogen) atoms. The predicted molar refractivity (Wildman–Crippen MR) is 57.3 cm³/mol. The van der Waals surface area contributed by atoms with Gasteiger partial charge in [-0.05, 0) is 19.1 Å².